The molecule has 0 bridgehead atoms. The van der Waals surface area contributed by atoms with E-state index in [2.05, 4.69) is 40.4 Å². The highest BCUT2D eigenvalue weighted by Gasteiger charge is 2.02. The molecule has 0 unspecified atom stereocenters. The van der Waals surface area contributed by atoms with Crippen LogP contribution in [0.2, 0.25) is 0 Å². The third kappa shape index (κ3) is 4.21. The maximum atomic E-state index is 5.73. The van der Waals surface area contributed by atoms with Gasteiger partial charge < -0.3 is 11.1 Å². The number of nitrogens with one attached hydrogen (secondary N) is 1. The van der Waals surface area contributed by atoms with Gasteiger partial charge in [-0.1, -0.05) is 19.1 Å². The molecule has 2 aromatic rings. The molecule has 2 rings (SSSR count). The van der Waals surface area contributed by atoms with Crippen molar-refractivity contribution in [2.45, 2.75) is 26.2 Å². The van der Waals surface area contributed by atoms with Crippen molar-refractivity contribution in [2.24, 2.45) is 10.7 Å². The second-order valence-electron chi connectivity index (χ2n) is 4.37. The van der Waals surface area contributed by atoms with Gasteiger partial charge in [-0.3, -0.25) is 4.99 Å². The van der Waals surface area contributed by atoms with Crippen molar-refractivity contribution in [3.8, 4) is 0 Å². The molecule has 0 aliphatic heterocycles. The van der Waals surface area contributed by atoms with E-state index in [9.17, 15) is 0 Å². The normalized spacial score (nSPS) is 11.9. The predicted octanol–water partition coefficient (Wildman–Crippen LogP) is 2.54. The van der Waals surface area contributed by atoms with E-state index in [4.69, 9.17) is 5.73 Å². The molecule has 1 aromatic heterocycles. The van der Waals surface area contributed by atoms with Crippen molar-refractivity contribution in [1.82, 2.24) is 10.3 Å². The molecule has 0 aliphatic carbocycles. The van der Waals surface area contributed by atoms with Crippen molar-refractivity contribution >= 4 is 27.5 Å². The minimum Gasteiger partial charge on any atom is -0.370 e. The Labute approximate surface area is 117 Å². The van der Waals surface area contributed by atoms with Crippen LogP contribution in [0.5, 0.6) is 0 Å². The van der Waals surface area contributed by atoms with Crippen molar-refractivity contribution in [3.63, 3.8) is 0 Å². The SMILES string of the molecule is CCCN=C(N)NCCCc1nc2ccccc2s1. The Morgan fingerprint density at radius 1 is 1.42 bits per heavy atom. The number of guanidine groups is 1. The van der Waals surface area contributed by atoms with Gasteiger partial charge in [0.15, 0.2) is 5.96 Å². The second kappa shape index (κ2) is 7.09. The molecular formula is C14H20N4S. The number of aliphatic imine (C=N–C) groups is 1. The molecule has 0 fully saturated rings. The summed E-state index contributed by atoms with van der Waals surface area (Å²) in [6.07, 6.45) is 3.02. The number of aryl methyl sites for hydroxylation is 1. The number of hydrogen-bond donors (Lipinski definition) is 2. The maximum Gasteiger partial charge on any atom is 0.188 e. The zero-order valence-electron chi connectivity index (χ0n) is 11.2. The van der Waals surface area contributed by atoms with Crippen molar-refractivity contribution in [1.29, 1.82) is 0 Å². The molecule has 0 saturated heterocycles. The zero-order valence-corrected chi connectivity index (χ0v) is 12.0. The number of thiazole rings is 1. The van der Waals surface area contributed by atoms with Gasteiger partial charge in [0.2, 0.25) is 0 Å². The molecule has 102 valence electrons. The molecular weight excluding hydrogens is 256 g/mol. The smallest absolute Gasteiger partial charge is 0.188 e. The monoisotopic (exact) mass is 276 g/mol. The Kier molecular flexibility index (Phi) is 5.15. The topological polar surface area (TPSA) is 63.3 Å². The largest absolute Gasteiger partial charge is 0.370 e. The fraction of sp³-hybridized carbons (Fsp3) is 0.429. The summed E-state index contributed by atoms with van der Waals surface area (Å²) in [6, 6.07) is 8.25. The minimum atomic E-state index is 0.547. The van der Waals surface area contributed by atoms with Crippen LogP contribution in [-0.4, -0.2) is 24.0 Å². The Hall–Kier alpha value is -1.62. The van der Waals surface area contributed by atoms with E-state index in [1.165, 1.54) is 9.71 Å². The quantitative estimate of drug-likeness (QED) is 0.484. The lowest BCUT2D eigenvalue weighted by atomic mass is 10.3. The van der Waals surface area contributed by atoms with E-state index in [-0.39, 0.29) is 0 Å². The highest BCUT2D eigenvalue weighted by atomic mass is 32.1. The standard InChI is InChI=1S/C14H20N4S/c1-2-9-16-14(15)17-10-5-8-13-18-11-6-3-4-7-12(11)19-13/h3-4,6-7H,2,5,8-10H2,1H3,(H3,15,16,17). The lowest BCUT2D eigenvalue weighted by Crippen LogP contribution is -2.32. The summed E-state index contributed by atoms with van der Waals surface area (Å²) >= 11 is 1.77. The van der Waals surface area contributed by atoms with Gasteiger partial charge in [0.25, 0.3) is 0 Å². The molecule has 0 spiro atoms. The molecule has 1 aromatic carbocycles. The van der Waals surface area contributed by atoms with E-state index in [1.54, 1.807) is 11.3 Å². The summed E-state index contributed by atoms with van der Waals surface area (Å²) in [5, 5.41) is 4.31. The number of nitrogens with zero attached hydrogens (tertiary/aromatic N) is 2. The molecule has 0 aliphatic rings. The van der Waals surface area contributed by atoms with E-state index >= 15 is 0 Å². The van der Waals surface area contributed by atoms with Gasteiger partial charge in [0.05, 0.1) is 15.2 Å². The first kappa shape index (κ1) is 13.8. The Morgan fingerprint density at radius 3 is 3.05 bits per heavy atom. The summed E-state index contributed by atoms with van der Waals surface area (Å²) in [6.45, 7) is 3.72. The minimum absolute atomic E-state index is 0.547. The first-order valence-electron chi connectivity index (χ1n) is 6.68. The Balaban J connectivity index is 1.76. The van der Waals surface area contributed by atoms with E-state index < -0.39 is 0 Å². The van der Waals surface area contributed by atoms with Gasteiger partial charge in [-0.25, -0.2) is 4.98 Å². The number of aromatic nitrogens is 1. The van der Waals surface area contributed by atoms with Gasteiger partial charge in [0, 0.05) is 19.5 Å². The number of fused-ring (bicyclic) bond motifs is 1. The van der Waals surface area contributed by atoms with Crippen molar-refractivity contribution in [2.75, 3.05) is 13.1 Å². The number of rotatable bonds is 6. The van der Waals surface area contributed by atoms with Gasteiger partial charge in [-0.15, -0.1) is 11.3 Å². The van der Waals surface area contributed by atoms with Gasteiger partial charge >= 0.3 is 0 Å². The highest BCUT2D eigenvalue weighted by molar-refractivity contribution is 7.18. The summed E-state index contributed by atoms with van der Waals surface area (Å²) in [4.78, 5) is 8.80. The van der Waals surface area contributed by atoms with Crippen molar-refractivity contribution < 1.29 is 0 Å². The summed E-state index contributed by atoms with van der Waals surface area (Å²) in [7, 11) is 0. The molecule has 0 radical (unpaired) electrons. The van der Waals surface area contributed by atoms with Crippen LogP contribution in [0.1, 0.15) is 24.8 Å². The molecule has 0 saturated carbocycles. The predicted molar refractivity (Wildman–Crippen MR) is 82.7 cm³/mol. The molecule has 5 heteroatoms. The van der Waals surface area contributed by atoms with Gasteiger partial charge in [0.1, 0.15) is 0 Å². The third-order valence-corrected chi connectivity index (χ3v) is 3.81. The van der Waals surface area contributed by atoms with Gasteiger partial charge in [-0.05, 0) is 25.0 Å². The number of para-hydroxylation sites is 1. The molecule has 4 nitrogen and oxygen atoms in total. The Morgan fingerprint density at radius 2 is 2.26 bits per heavy atom. The summed E-state index contributed by atoms with van der Waals surface area (Å²) in [5.41, 5.74) is 6.82. The van der Waals surface area contributed by atoms with E-state index in [1.807, 2.05) is 6.07 Å². The lowest BCUT2D eigenvalue weighted by molar-refractivity contribution is 0.761. The lowest BCUT2D eigenvalue weighted by Gasteiger charge is -2.03. The number of nitrogens with two attached hydrogens (primary N) is 1. The van der Waals surface area contributed by atoms with Crippen LogP contribution in [0.3, 0.4) is 0 Å². The van der Waals surface area contributed by atoms with Gasteiger partial charge in [-0.2, -0.15) is 0 Å². The van der Waals surface area contributed by atoms with Crippen LogP contribution in [0.15, 0.2) is 29.3 Å². The average Bonchev–Trinajstić information content (AvgIpc) is 2.84. The third-order valence-electron chi connectivity index (χ3n) is 2.72. The van der Waals surface area contributed by atoms with Crippen LogP contribution in [0.4, 0.5) is 0 Å². The first-order valence-corrected chi connectivity index (χ1v) is 7.49. The fourth-order valence-electron chi connectivity index (χ4n) is 1.77. The van der Waals surface area contributed by atoms with Crippen LogP contribution < -0.4 is 11.1 Å². The fourth-order valence-corrected chi connectivity index (χ4v) is 2.78. The van der Waals surface area contributed by atoms with E-state index in [0.717, 1.165) is 37.9 Å². The number of benzene rings is 1. The second-order valence-corrected chi connectivity index (χ2v) is 5.49. The zero-order chi connectivity index (χ0) is 13.5. The molecule has 3 N–H and O–H groups in total. The van der Waals surface area contributed by atoms with Crippen molar-refractivity contribution in [3.05, 3.63) is 29.3 Å². The molecule has 19 heavy (non-hydrogen) atoms. The van der Waals surface area contributed by atoms with Crippen LogP contribution in [0.25, 0.3) is 10.2 Å². The average molecular weight is 276 g/mol. The maximum absolute atomic E-state index is 5.73. The highest BCUT2D eigenvalue weighted by Crippen LogP contribution is 2.22. The molecule has 0 amide bonds. The van der Waals surface area contributed by atoms with Crippen LogP contribution >= 0.6 is 11.3 Å². The number of hydrogen-bond acceptors (Lipinski definition) is 3. The summed E-state index contributed by atoms with van der Waals surface area (Å²) < 4.78 is 1.26. The Bertz CT molecular complexity index is 514. The van der Waals surface area contributed by atoms with Crippen LogP contribution in [-0.2, 0) is 6.42 Å². The molecule has 1 heterocycles. The summed E-state index contributed by atoms with van der Waals surface area (Å²) in [5.74, 6) is 0.547. The first-order chi connectivity index (χ1) is 9.29. The van der Waals surface area contributed by atoms with Crippen LogP contribution in [0, 0.1) is 0 Å². The molecule has 0 atom stereocenters. The van der Waals surface area contributed by atoms with E-state index in [0.29, 0.717) is 5.96 Å².